The Morgan fingerprint density at radius 2 is 2.12 bits per heavy atom. The number of nitro groups is 1. The summed E-state index contributed by atoms with van der Waals surface area (Å²) >= 11 is 0. The van der Waals surface area contributed by atoms with E-state index < -0.39 is 4.92 Å². The summed E-state index contributed by atoms with van der Waals surface area (Å²) in [5.41, 5.74) is 1.54. The Hall–Kier alpha value is -3.49. The molecule has 1 N–H and O–H groups in total. The standard InChI is InChI=1S/C17H17N5O4/c1-10-7-14(12-5-4-6-13(22(24)25)17(12)18-10)21(3)9-16(23)19-15-8-11(2)26-20-15/h4-8H,9H2,1-3H3,(H,19,20,23). The number of amides is 1. The van der Waals surface area contributed by atoms with Crippen LogP contribution < -0.4 is 10.2 Å². The monoisotopic (exact) mass is 355 g/mol. The second-order valence-electron chi connectivity index (χ2n) is 5.94. The third kappa shape index (κ3) is 3.46. The van der Waals surface area contributed by atoms with Gasteiger partial charge in [0.25, 0.3) is 5.69 Å². The van der Waals surface area contributed by atoms with E-state index in [1.54, 1.807) is 50.1 Å². The molecule has 0 atom stereocenters. The Kier molecular flexibility index (Phi) is 4.53. The molecule has 0 unspecified atom stereocenters. The van der Waals surface area contributed by atoms with Gasteiger partial charge in [0.05, 0.1) is 11.5 Å². The van der Waals surface area contributed by atoms with Crippen molar-refractivity contribution in [2.24, 2.45) is 0 Å². The number of hydrogen-bond donors (Lipinski definition) is 1. The summed E-state index contributed by atoms with van der Waals surface area (Å²) in [5.74, 6) is 0.651. The average Bonchev–Trinajstić information content (AvgIpc) is 2.97. The van der Waals surface area contributed by atoms with Crippen LogP contribution in [0.4, 0.5) is 17.2 Å². The Morgan fingerprint density at radius 3 is 2.77 bits per heavy atom. The van der Waals surface area contributed by atoms with Gasteiger partial charge in [-0.1, -0.05) is 17.3 Å². The second-order valence-corrected chi connectivity index (χ2v) is 5.94. The fourth-order valence-corrected chi connectivity index (χ4v) is 2.71. The van der Waals surface area contributed by atoms with Crippen molar-refractivity contribution in [3.05, 3.63) is 51.9 Å². The molecule has 1 amide bonds. The molecule has 0 aliphatic rings. The summed E-state index contributed by atoms with van der Waals surface area (Å²) in [4.78, 5) is 29.1. The molecule has 2 aromatic heterocycles. The maximum Gasteiger partial charge on any atom is 0.295 e. The molecule has 9 heteroatoms. The van der Waals surface area contributed by atoms with E-state index in [2.05, 4.69) is 15.5 Å². The van der Waals surface area contributed by atoms with Gasteiger partial charge in [-0.2, -0.15) is 0 Å². The lowest BCUT2D eigenvalue weighted by Gasteiger charge is -2.20. The molecular formula is C17H17N5O4. The van der Waals surface area contributed by atoms with Crippen molar-refractivity contribution in [2.45, 2.75) is 13.8 Å². The fourth-order valence-electron chi connectivity index (χ4n) is 2.71. The number of aryl methyl sites for hydroxylation is 2. The number of para-hydroxylation sites is 1. The molecule has 1 aromatic carbocycles. The Bertz CT molecular complexity index is 998. The van der Waals surface area contributed by atoms with Gasteiger partial charge in [-0.3, -0.25) is 14.9 Å². The maximum atomic E-state index is 12.2. The van der Waals surface area contributed by atoms with Crippen molar-refractivity contribution in [1.29, 1.82) is 0 Å². The minimum absolute atomic E-state index is 0.0349. The molecule has 0 saturated heterocycles. The summed E-state index contributed by atoms with van der Waals surface area (Å²) in [6.07, 6.45) is 0. The van der Waals surface area contributed by atoms with Crippen LogP contribution in [0.25, 0.3) is 10.9 Å². The van der Waals surface area contributed by atoms with Gasteiger partial charge >= 0.3 is 0 Å². The number of likely N-dealkylation sites (N-methyl/N-ethyl adjacent to an activating group) is 1. The van der Waals surface area contributed by atoms with Crippen LogP contribution in [0, 0.1) is 24.0 Å². The molecule has 2 heterocycles. The largest absolute Gasteiger partial charge is 0.365 e. The molecule has 0 bridgehead atoms. The summed E-state index contributed by atoms with van der Waals surface area (Å²) in [6, 6.07) is 8.18. The van der Waals surface area contributed by atoms with Crippen LogP contribution in [0.2, 0.25) is 0 Å². The highest BCUT2D eigenvalue weighted by Gasteiger charge is 2.18. The van der Waals surface area contributed by atoms with E-state index in [1.807, 2.05) is 0 Å². The van der Waals surface area contributed by atoms with Crippen molar-refractivity contribution in [3.8, 4) is 0 Å². The van der Waals surface area contributed by atoms with Crippen molar-refractivity contribution in [1.82, 2.24) is 10.1 Å². The van der Waals surface area contributed by atoms with Crippen molar-refractivity contribution >= 4 is 34.0 Å². The SMILES string of the molecule is Cc1cc(N(C)CC(=O)Nc2cc(C)on2)c2cccc([N+](=O)[O-])c2n1. The van der Waals surface area contributed by atoms with Gasteiger partial charge < -0.3 is 14.7 Å². The number of fused-ring (bicyclic) bond motifs is 1. The van der Waals surface area contributed by atoms with E-state index in [0.717, 1.165) is 0 Å². The zero-order valence-electron chi connectivity index (χ0n) is 14.5. The van der Waals surface area contributed by atoms with Crippen LogP contribution in [0.1, 0.15) is 11.5 Å². The molecule has 26 heavy (non-hydrogen) atoms. The summed E-state index contributed by atoms with van der Waals surface area (Å²) in [5, 5.41) is 18.2. The number of carbonyl (C=O) groups is 1. The van der Waals surface area contributed by atoms with Crippen LogP contribution in [-0.2, 0) is 4.79 Å². The highest BCUT2D eigenvalue weighted by Crippen LogP contribution is 2.31. The number of nitrogens with zero attached hydrogens (tertiary/aromatic N) is 4. The third-order valence-electron chi connectivity index (χ3n) is 3.81. The summed E-state index contributed by atoms with van der Waals surface area (Å²) in [7, 11) is 1.74. The molecule has 0 aliphatic carbocycles. The first-order valence-electron chi connectivity index (χ1n) is 7.84. The lowest BCUT2D eigenvalue weighted by Crippen LogP contribution is -2.30. The van der Waals surface area contributed by atoms with E-state index >= 15 is 0 Å². The van der Waals surface area contributed by atoms with E-state index in [1.165, 1.54) is 6.07 Å². The highest BCUT2D eigenvalue weighted by molar-refractivity contribution is 5.99. The summed E-state index contributed by atoms with van der Waals surface area (Å²) < 4.78 is 4.91. The third-order valence-corrected chi connectivity index (χ3v) is 3.81. The lowest BCUT2D eigenvalue weighted by molar-refractivity contribution is -0.383. The molecule has 0 saturated carbocycles. The van der Waals surface area contributed by atoms with Gasteiger partial charge in [0.15, 0.2) is 11.3 Å². The number of anilines is 2. The topological polar surface area (TPSA) is 114 Å². The Balaban J connectivity index is 1.90. The first-order chi connectivity index (χ1) is 12.3. The quantitative estimate of drug-likeness (QED) is 0.553. The molecule has 0 spiro atoms. The Morgan fingerprint density at radius 1 is 1.35 bits per heavy atom. The van der Waals surface area contributed by atoms with E-state index in [9.17, 15) is 14.9 Å². The minimum atomic E-state index is -0.460. The van der Waals surface area contributed by atoms with Crippen LogP contribution >= 0.6 is 0 Å². The van der Waals surface area contributed by atoms with Gasteiger partial charge in [-0.25, -0.2) is 4.98 Å². The smallest absolute Gasteiger partial charge is 0.295 e. The molecule has 0 radical (unpaired) electrons. The molecule has 0 aliphatic heterocycles. The first kappa shape index (κ1) is 17.3. The van der Waals surface area contributed by atoms with Crippen molar-refractivity contribution in [3.63, 3.8) is 0 Å². The number of rotatable bonds is 5. The predicted octanol–water partition coefficient (Wildman–Crippen LogP) is 2.82. The number of pyridine rings is 1. The van der Waals surface area contributed by atoms with Crippen molar-refractivity contribution in [2.75, 3.05) is 23.8 Å². The molecular weight excluding hydrogens is 338 g/mol. The zero-order valence-corrected chi connectivity index (χ0v) is 14.5. The van der Waals surface area contributed by atoms with E-state index in [0.29, 0.717) is 33.9 Å². The van der Waals surface area contributed by atoms with Gasteiger partial charge in [-0.05, 0) is 19.9 Å². The summed E-state index contributed by atoms with van der Waals surface area (Å²) in [6.45, 7) is 3.52. The van der Waals surface area contributed by atoms with E-state index in [4.69, 9.17) is 4.52 Å². The van der Waals surface area contributed by atoms with Gasteiger partial charge in [-0.15, -0.1) is 0 Å². The fraction of sp³-hybridized carbons (Fsp3) is 0.235. The lowest BCUT2D eigenvalue weighted by atomic mass is 10.1. The van der Waals surface area contributed by atoms with E-state index in [-0.39, 0.29) is 18.1 Å². The minimum Gasteiger partial charge on any atom is -0.365 e. The number of carbonyl (C=O) groups excluding carboxylic acids is 1. The van der Waals surface area contributed by atoms with Crippen LogP contribution in [0.3, 0.4) is 0 Å². The molecule has 3 rings (SSSR count). The number of aromatic nitrogens is 2. The maximum absolute atomic E-state index is 12.2. The average molecular weight is 355 g/mol. The number of benzene rings is 1. The van der Waals surface area contributed by atoms with Gasteiger partial charge in [0, 0.05) is 35.9 Å². The van der Waals surface area contributed by atoms with Crippen molar-refractivity contribution < 1.29 is 14.2 Å². The first-order valence-corrected chi connectivity index (χ1v) is 7.84. The number of nitro benzene ring substituents is 1. The molecule has 3 aromatic rings. The zero-order chi connectivity index (χ0) is 18.8. The number of hydrogen-bond acceptors (Lipinski definition) is 7. The van der Waals surface area contributed by atoms with Crippen LogP contribution in [0.5, 0.6) is 0 Å². The Labute approximate surface area is 148 Å². The molecule has 9 nitrogen and oxygen atoms in total. The van der Waals surface area contributed by atoms with Gasteiger partial charge in [0.2, 0.25) is 5.91 Å². The number of non-ortho nitro benzene ring substituents is 1. The van der Waals surface area contributed by atoms with Crippen LogP contribution in [-0.4, -0.2) is 34.6 Å². The van der Waals surface area contributed by atoms with Gasteiger partial charge in [0.1, 0.15) is 5.76 Å². The number of nitrogens with one attached hydrogen (secondary N) is 1. The predicted molar refractivity (Wildman–Crippen MR) is 96.3 cm³/mol. The molecule has 0 fully saturated rings. The van der Waals surface area contributed by atoms with Crippen LogP contribution in [0.15, 0.2) is 34.9 Å². The molecule has 134 valence electrons. The highest BCUT2D eigenvalue weighted by atomic mass is 16.6. The normalized spacial score (nSPS) is 10.7. The second kappa shape index (κ2) is 6.79.